The van der Waals surface area contributed by atoms with E-state index in [1.165, 1.54) is 42.7 Å². The molecular weight excluding hydrogens is 407 g/mol. The van der Waals surface area contributed by atoms with E-state index in [1.807, 2.05) is 13.0 Å². The summed E-state index contributed by atoms with van der Waals surface area (Å²) in [5, 5.41) is 6.02. The van der Waals surface area contributed by atoms with Gasteiger partial charge in [-0.2, -0.15) is 0 Å². The second-order valence-electron chi connectivity index (χ2n) is 6.50. The summed E-state index contributed by atoms with van der Waals surface area (Å²) in [5.41, 5.74) is 1.40. The Kier molecular flexibility index (Phi) is 5.24. The van der Waals surface area contributed by atoms with Gasteiger partial charge in [0, 0.05) is 16.3 Å². The molecule has 2 amide bonds. The summed E-state index contributed by atoms with van der Waals surface area (Å²) in [5.74, 6) is -0.929. The van der Waals surface area contributed by atoms with E-state index in [9.17, 15) is 14.0 Å². The van der Waals surface area contributed by atoms with Crippen molar-refractivity contribution >= 4 is 45.5 Å². The Bertz CT molecular complexity index is 1240. The van der Waals surface area contributed by atoms with Crippen LogP contribution in [0.15, 0.2) is 59.0 Å². The van der Waals surface area contributed by atoms with E-state index >= 15 is 0 Å². The lowest BCUT2D eigenvalue weighted by Gasteiger charge is -2.05. The first-order valence-corrected chi connectivity index (χ1v) is 9.81. The minimum atomic E-state index is -0.533. The van der Waals surface area contributed by atoms with Gasteiger partial charge in [-0.1, -0.05) is 0 Å². The van der Waals surface area contributed by atoms with Crippen molar-refractivity contribution in [1.82, 2.24) is 0 Å². The van der Waals surface area contributed by atoms with E-state index in [2.05, 4.69) is 10.6 Å². The molecule has 2 aromatic heterocycles. The standard InChI is InChI=1S/C22H17FN2O4S/c1-12-3-10-18(30-12)21(26)25-15-8-9-17-16(11-15)19(28-2)20(29-17)22(27)24-14-6-4-13(23)5-7-14/h3-11H,1-2H3,(H,24,27)(H,25,26). The van der Waals surface area contributed by atoms with Crippen LogP contribution in [0.5, 0.6) is 5.75 Å². The molecule has 6 nitrogen and oxygen atoms in total. The van der Waals surface area contributed by atoms with Gasteiger partial charge in [-0.25, -0.2) is 4.39 Å². The highest BCUT2D eigenvalue weighted by Crippen LogP contribution is 2.35. The van der Waals surface area contributed by atoms with Crippen molar-refractivity contribution in [2.24, 2.45) is 0 Å². The number of anilines is 2. The van der Waals surface area contributed by atoms with Crippen molar-refractivity contribution in [3.63, 3.8) is 0 Å². The molecule has 8 heteroatoms. The Morgan fingerprint density at radius 2 is 1.67 bits per heavy atom. The lowest BCUT2D eigenvalue weighted by molar-refractivity contribution is 0.0993. The fourth-order valence-electron chi connectivity index (χ4n) is 2.98. The van der Waals surface area contributed by atoms with Crippen LogP contribution < -0.4 is 15.4 Å². The van der Waals surface area contributed by atoms with Crippen molar-refractivity contribution in [1.29, 1.82) is 0 Å². The summed E-state index contributed by atoms with van der Waals surface area (Å²) in [7, 11) is 1.43. The first kappa shape index (κ1) is 19.7. The zero-order chi connectivity index (χ0) is 21.3. The maximum absolute atomic E-state index is 13.1. The number of hydrogen-bond acceptors (Lipinski definition) is 5. The van der Waals surface area contributed by atoms with Crippen LogP contribution >= 0.6 is 11.3 Å². The lowest BCUT2D eigenvalue weighted by atomic mass is 10.2. The number of halogens is 1. The predicted octanol–water partition coefficient (Wildman–Crippen LogP) is 5.46. The van der Waals surface area contributed by atoms with Gasteiger partial charge in [-0.15, -0.1) is 11.3 Å². The predicted molar refractivity (Wildman–Crippen MR) is 114 cm³/mol. The van der Waals surface area contributed by atoms with Gasteiger partial charge in [0.25, 0.3) is 11.8 Å². The topological polar surface area (TPSA) is 80.6 Å². The number of rotatable bonds is 5. The highest BCUT2D eigenvalue weighted by Gasteiger charge is 2.22. The van der Waals surface area contributed by atoms with Crippen molar-refractivity contribution in [3.8, 4) is 5.75 Å². The number of benzene rings is 2. The number of fused-ring (bicyclic) bond motifs is 1. The molecule has 0 saturated carbocycles. The number of amides is 2. The third kappa shape index (κ3) is 3.90. The molecule has 4 rings (SSSR count). The van der Waals surface area contributed by atoms with Crippen molar-refractivity contribution in [3.05, 3.63) is 75.9 Å². The Morgan fingerprint density at radius 1 is 0.967 bits per heavy atom. The second kappa shape index (κ2) is 8.00. The maximum Gasteiger partial charge on any atom is 0.295 e. The molecule has 0 aliphatic rings. The summed E-state index contributed by atoms with van der Waals surface area (Å²) in [6.07, 6.45) is 0. The van der Waals surface area contributed by atoms with E-state index in [1.54, 1.807) is 24.3 Å². The van der Waals surface area contributed by atoms with E-state index in [0.717, 1.165) is 4.88 Å². The maximum atomic E-state index is 13.1. The van der Waals surface area contributed by atoms with Gasteiger partial charge in [0.2, 0.25) is 5.76 Å². The molecule has 152 valence electrons. The molecule has 0 radical (unpaired) electrons. The van der Waals surface area contributed by atoms with Crippen LogP contribution in [0.4, 0.5) is 15.8 Å². The zero-order valence-corrected chi connectivity index (χ0v) is 16.9. The van der Waals surface area contributed by atoms with Gasteiger partial charge in [-0.05, 0) is 61.5 Å². The van der Waals surface area contributed by atoms with Gasteiger partial charge >= 0.3 is 0 Å². The smallest absolute Gasteiger partial charge is 0.295 e. The van der Waals surface area contributed by atoms with Gasteiger partial charge in [0.1, 0.15) is 11.4 Å². The minimum Gasteiger partial charge on any atom is -0.492 e. The highest BCUT2D eigenvalue weighted by molar-refractivity contribution is 7.14. The number of furan rings is 1. The number of hydrogen-bond donors (Lipinski definition) is 2. The largest absolute Gasteiger partial charge is 0.492 e. The molecule has 4 aromatic rings. The zero-order valence-electron chi connectivity index (χ0n) is 16.1. The molecule has 0 saturated heterocycles. The molecule has 0 unspecified atom stereocenters. The van der Waals surface area contributed by atoms with Crippen molar-refractivity contribution in [2.45, 2.75) is 6.92 Å². The monoisotopic (exact) mass is 424 g/mol. The number of methoxy groups -OCH3 is 1. The number of aryl methyl sites for hydroxylation is 1. The molecule has 0 fully saturated rings. The molecule has 0 atom stereocenters. The van der Waals surface area contributed by atoms with Gasteiger partial charge < -0.3 is 19.8 Å². The summed E-state index contributed by atoms with van der Waals surface area (Å²) in [6, 6.07) is 14.1. The van der Waals surface area contributed by atoms with Crippen LogP contribution in [0.2, 0.25) is 0 Å². The van der Waals surface area contributed by atoms with E-state index in [-0.39, 0.29) is 17.4 Å². The number of carbonyl (C=O) groups is 2. The first-order chi connectivity index (χ1) is 14.4. The molecule has 0 aliphatic carbocycles. The number of nitrogens with one attached hydrogen (secondary N) is 2. The SMILES string of the molecule is COc1c(C(=O)Nc2ccc(F)cc2)oc2ccc(NC(=O)c3ccc(C)s3)cc12. The molecule has 0 aliphatic heterocycles. The Labute approximate surface area is 175 Å². The minimum absolute atomic E-state index is 0.0193. The Balaban J connectivity index is 1.61. The van der Waals surface area contributed by atoms with Crippen LogP contribution in [0.1, 0.15) is 25.1 Å². The third-order valence-electron chi connectivity index (χ3n) is 4.38. The normalized spacial score (nSPS) is 10.8. The summed E-state index contributed by atoms with van der Waals surface area (Å²) in [6.45, 7) is 1.93. The lowest BCUT2D eigenvalue weighted by Crippen LogP contribution is -2.12. The fourth-order valence-corrected chi connectivity index (χ4v) is 3.74. The van der Waals surface area contributed by atoms with Gasteiger partial charge in [0.05, 0.1) is 17.4 Å². The van der Waals surface area contributed by atoms with Crippen LogP contribution in [0, 0.1) is 12.7 Å². The van der Waals surface area contributed by atoms with Crippen LogP contribution in [0.3, 0.4) is 0 Å². The molecule has 0 spiro atoms. The van der Waals surface area contributed by atoms with E-state index in [4.69, 9.17) is 9.15 Å². The second-order valence-corrected chi connectivity index (χ2v) is 7.79. The van der Waals surface area contributed by atoms with Crippen LogP contribution in [0.25, 0.3) is 11.0 Å². The Morgan fingerprint density at radius 3 is 2.33 bits per heavy atom. The molecule has 2 N–H and O–H groups in total. The quantitative estimate of drug-likeness (QED) is 0.446. The van der Waals surface area contributed by atoms with Crippen LogP contribution in [-0.2, 0) is 0 Å². The Hall–Kier alpha value is -3.65. The van der Waals surface area contributed by atoms with Gasteiger partial charge in [0.15, 0.2) is 5.75 Å². The molecule has 2 heterocycles. The van der Waals surface area contributed by atoms with Crippen LogP contribution in [-0.4, -0.2) is 18.9 Å². The van der Waals surface area contributed by atoms with Crippen molar-refractivity contribution < 1.29 is 23.1 Å². The molecule has 2 aromatic carbocycles. The number of thiophene rings is 1. The molecule has 0 bridgehead atoms. The average Bonchev–Trinajstić information content (AvgIpc) is 3.33. The van der Waals surface area contributed by atoms with Gasteiger partial charge in [-0.3, -0.25) is 9.59 Å². The third-order valence-corrected chi connectivity index (χ3v) is 5.38. The highest BCUT2D eigenvalue weighted by atomic mass is 32.1. The summed E-state index contributed by atoms with van der Waals surface area (Å²) < 4.78 is 24.1. The number of carbonyl (C=O) groups excluding carboxylic acids is 2. The number of ether oxygens (including phenoxy) is 1. The summed E-state index contributed by atoms with van der Waals surface area (Å²) in [4.78, 5) is 26.7. The van der Waals surface area contributed by atoms with E-state index in [0.29, 0.717) is 27.2 Å². The fraction of sp³-hybridized carbons (Fsp3) is 0.0909. The summed E-state index contributed by atoms with van der Waals surface area (Å²) >= 11 is 1.40. The molecule has 30 heavy (non-hydrogen) atoms. The van der Waals surface area contributed by atoms with E-state index < -0.39 is 11.7 Å². The first-order valence-electron chi connectivity index (χ1n) is 9.00. The van der Waals surface area contributed by atoms with Crippen molar-refractivity contribution in [2.75, 3.05) is 17.7 Å². The average molecular weight is 424 g/mol. The molecular formula is C22H17FN2O4S.